The Morgan fingerprint density at radius 2 is 2.09 bits per heavy atom. The lowest BCUT2D eigenvalue weighted by molar-refractivity contribution is -0.150. The number of hydrogen-bond acceptors (Lipinski definition) is 3. The van der Waals surface area contributed by atoms with Gasteiger partial charge >= 0.3 is 5.97 Å². The average molecular weight is 338 g/mol. The van der Waals surface area contributed by atoms with Crippen LogP contribution in [0.15, 0.2) is 18.2 Å². The minimum Gasteiger partial charge on any atom is -0.468 e. The molecule has 1 aromatic rings. The molecule has 0 aromatic heterocycles. The van der Waals surface area contributed by atoms with Gasteiger partial charge in [-0.3, -0.25) is 9.69 Å². The van der Waals surface area contributed by atoms with Gasteiger partial charge in [0.05, 0.1) is 7.11 Å². The lowest BCUT2D eigenvalue weighted by Gasteiger charge is -2.38. The first-order valence-corrected chi connectivity index (χ1v) is 8.72. The van der Waals surface area contributed by atoms with E-state index >= 15 is 0 Å². The third kappa shape index (κ3) is 4.27. The molecule has 4 heteroatoms. The van der Waals surface area contributed by atoms with E-state index in [9.17, 15) is 4.79 Å². The van der Waals surface area contributed by atoms with Crippen LogP contribution in [-0.2, 0) is 21.5 Å². The minimum atomic E-state index is -0.158. The summed E-state index contributed by atoms with van der Waals surface area (Å²) in [7, 11) is 1.47. The van der Waals surface area contributed by atoms with Gasteiger partial charge in [-0.1, -0.05) is 51.4 Å². The number of methoxy groups -OCH3 is 1. The fourth-order valence-corrected chi connectivity index (χ4v) is 3.94. The topological polar surface area (TPSA) is 29.5 Å². The van der Waals surface area contributed by atoms with Gasteiger partial charge in [-0.15, -0.1) is 0 Å². The van der Waals surface area contributed by atoms with Crippen LogP contribution in [0, 0.1) is 5.92 Å². The largest absolute Gasteiger partial charge is 0.468 e. The highest BCUT2D eigenvalue weighted by Gasteiger charge is 2.35. The molecule has 1 aliphatic rings. The van der Waals surface area contributed by atoms with Crippen LogP contribution >= 0.6 is 11.6 Å². The van der Waals surface area contributed by atoms with Gasteiger partial charge in [0.15, 0.2) is 0 Å². The summed E-state index contributed by atoms with van der Waals surface area (Å²) in [5, 5.41) is 0.801. The van der Waals surface area contributed by atoms with E-state index in [1.54, 1.807) is 0 Å². The van der Waals surface area contributed by atoms with E-state index in [0.29, 0.717) is 5.92 Å². The summed E-state index contributed by atoms with van der Waals surface area (Å²) in [6.45, 7) is 10.3. The van der Waals surface area contributed by atoms with E-state index in [1.165, 1.54) is 7.11 Å². The van der Waals surface area contributed by atoms with Gasteiger partial charge < -0.3 is 4.74 Å². The minimum absolute atomic E-state index is 0.0316. The quantitative estimate of drug-likeness (QED) is 0.765. The molecule has 0 amide bonds. The van der Waals surface area contributed by atoms with E-state index in [0.717, 1.165) is 42.1 Å². The third-order valence-corrected chi connectivity index (χ3v) is 5.02. The van der Waals surface area contributed by atoms with Crippen LogP contribution in [0.5, 0.6) is 0 Å². The Morgan fingerprint density at radius 3 is 2.65 bits per heavy atom. The van der Waals surface area contributed by atoms with E-state index in [4.69, 9.17) is 16.3 Å². The predicted octanol–water partition coefficient (Wildman–Crippen LogP) is 4.41. The molecule has 0 radical (unpaired) electrons. The number of carbonyl (C=O) groups excluding carboxylic acids is 1. The summed E-state index contributed by atoms with van der Waals surface area (Å²) in [5.41, 5.74) is 2.33. The number of ether oxygens (including phenoxy) is 1. The highest BCUT2D eigenvalue weighted by Crippen LogP contribution is 2.31. The number of likely N-dealkylation sites (tertiary alicyclic amines) is 1. The molecule has 1 fully saturated rings. The molecular weight excluding hydrogens is 310 g/mol. The second-order valence-corrected chi connectivity index (χ2v) is 8.03. The summed E-state index contributed by atoms with van der Waals surface area (Å²) in [5.74, 6) is 0.190. The van der Waals surface area contributed by atoms with Crippen molar-refractivity contribution in [3.05, 3.63) is 34.3 Å². The second kappa shape index (κ2) is 7.23. The molecular formula is C19H28ClNO2. The molecule has 2 atom stereocenters. The molecule has 1 aliphatic heterocycles. The van der Waals surface area contributed by atoms with E-state index in [-0.39, 0.29) is 17.4 Å². The predicted molar refractivity (Wildman–Crippen MR) is 94.8 cm³/mol. The third-order valence-electron chi connectivity index (χ3n) is 4.71. The first-order chi connectivity index (χ1) is 10.7. The van der Waals surface area contributed by atoms with E-state index < -0.39 is 0 Å². The van der Waals surface area contributed by atoms with Crippen LogP contribution in [0.25, 0.3) is 0 Å². The van der Waals surface area contributed by atoms with E-state index in [1.807, 2.05) is 6.07 Å². The van der Waals surface area contributed by atoms with Crippen molar-refractivity contribution >= 4 is 17.6 Å². The number of rotatable bonds is 3. The Balaban J connectivity index is 2.20. The first-order valence-electron chi connectivity index (χ1n) is 8.35. The van der Waals surface area contributed by atoms with Crippen LogP contribution in [0.3, 0.4) is 0 Å². The number of carbonyl (C=O) groups is 1. The number of hydrogen-bond donors (Lipinski definition) is 0. The van der Waals surface area contributed by atoms with Gasteiger partial charge in [-0.2, -0.15) is 0 Å². The normalized spacial score (nSPS) is 22.9. The van der Waals surface area contributed by atoms with Crippen molar-refractivity contribution in [3.8, 4) is 0 Å². The van der Waals surface area contributed by atoms with Gasteiger partial charge in [0.1, 0.15) is 6.04 Å². The van der Waals surface area contributed by atoms with Crippen LogP contribution in [-0.4, -0.2) is 30.6 Å². The monoisotopic (exact) mass is 337 g/mol. The zero-order chi connectivity index (χ0) is 17.2. The molecule has 3 nitrogen and oxygen atoms in total. The summed E-state index contributed by atoms with van der Waals surface area (Å²) >= 11 is 6.48. The molecule has 128 valence electrons. The van der Waals surface area contributed by atoms with Crippen molar-refractivity contribution in [1.82, 2.24) is 4.90 Å². The van der Waals surface area contributed by atoms with Gasteiger partial charge in [0.25, 0.3) is 0 Å². The summed E-state index contributed by atoms with van der Waals surface area (Å²) in [6, 6.07) is 6.11. The maximum absolute atomic E-state index is 12.1. The lowest BCUT2D eigenvalue weighted by atomic mass is 9.86. The van der Waals surface area contributed by atoms with Crippen molar-refractivity contribution in [3.63, 3.8) is 0 Å². The number of benzene rings is 1. The molecule has 0 saturated carbocycles. The van der Waals surface area contributed by atoms with Gasteiger partial charge in [0.2, 0.25) is 0 Å². The number of halogens is 1. The average Bonchev–Trinajstić information content (AvgIpc) is 2.45. The fraction of sp³-hybridized carbons (Fsp3) is 0.632. The van der Waals surface area contributed by atoms with Crippen molar-refractivity contribution < 1.29 is 9.53 Å². The zero-order valence-corrected chi connectivity index (χ0v) is 15.6. The van der Waals surface area contributed by atoms with Crippen LogP contribution in [0.1, 0.15) is 51.7 Å². The fourth-order valence-electron chi connectivity index (χ4n) is 3.45. The standard InChI is InChI=1S/C19H28ClNO2/c1-13-7-6-10-21(17(13)18(22)23-5)12-14-8-9-15(16(20)11-14)19(2,3)4/h8-9,11,13,17H,6-7,10,12H2,1-5H3. The highest BCUT2D eigenvalue weighted by molar-refractivity contribution is 6.31. The molecule has 0 spiro atoms. The lowest BCUT2D eigenvalue weighted by Crippen LogP contribution is -2.49. The Kier molecular flexibility index (Phi) is 5.74. The van der Waals surface area contributed by atoms with E-state index in [2.05, 4.69) is 44.7 Å². The van der Waals surface area contributed by atoms with Gasteiger partial charge in [-0.05, 0) is 47.9 Å². The Hall–Kier alpha value is -1.06. The second-order valence-electron chi connectivity index (χ2n) is 7.62. The number of esters is 1. The molecule has 0 N–H and O–H groups in total. The Morgan fingerprint density at radius 1 is 1.39 bits per heavy atom. The summed E-state index contributed by atoms with van der Waals surface area (Å²) in [4.78, 5) is 14.4. The highest BCUT2D eigenvalue weighted by atomic mass is 35.5. The summed E-state index contributed by atoms with van der Waals surface area (Å²) < 4.78 is 5.01. The molecule has 2 unspecified atom stereocenters. The molecule has 1 aromatic carbocycles. The van der Waals surface area contributed by atoms with Crippen LogP contribution in [0.2, 0.25) is 5.02 Å². The molecule has 1 heterocycles. The van der Waals surface area contributed by atoms with Crippen LogP contribution < -0.4 is 0 Å². The molecule has 1 saturated heterocycles. The first kappa shape index (κ1) is 18.3. The maximum atomic E-state index is 12.1. The summed E-state index contributed by atoms with van der Waals surface area (Å²) in [6.07, 6.45) is 2.18. The Labute approximate surface area is 145 Å². The SMILES string of the molecule is COC(=O)C1C(C)CCCN1Cc1ccc(C(C)(C)C)c(Cl)c1. The van der Waals surface area contributed by atoms with Crippen molar-refractivity contribution in [2.24, 2.45) is 5.92 Å². The van der Waals surface area contributed by atoms with Crippen molar-refractivity contribution in [2.75, 3.05) is 13.7 Å². The number of piperidine rings is 1. The van der Waals surface area contributed by atoms with Crippen molar-refractivity contribution in [2.45, 2.75) is 58.5 Å². The van der Waals surface area contributed by atoms with Gasteiger partial charge in [0, 0.05) is 11.6 Å². The number of nitrogens with zero attached hydrogens (tertiary/aromatic N) is 1. The molecule has 0 aliphatic carbocycles. The molecule has 2 rings (SSSR count). The Bertz CT molecular complexity index is 565. The zero-order valence-electron chi connectivity index (χ0n) is 14.9. The van der Waals surface area contributed by atoms with Gasteiger partial charge in [-0.25, -0.2) is 0 Å². The smallest absolute Gasteiger partial charge is 0.323 e. The molecule has 0 bridgehead atoms. The van der Waals surface area contributed by atoms with Crippen LogP contribution in [0.4, 0.5) is 0 Å². The van der Waals surface area contributed by atoms with Crippen molar-refractivity contribution in [1.29, 1.82) is 0 Å². The maximum Gasteiger partial charge on any atom is 0.323 e. The molecule has 23 heavy (non-hydrogen) atoms.